The van der Waals surface area contributed by atoms with Crippen LogP contribution in [0.5, 0.6) is 0 Å². The highest BCUT2D eigenvalue weighted by Gasteiger charge is 2.26. The predicted molar refractivity (Wildman–Crippen MR) is 100 cm³/mol. The Morgan fingerprint density at radius 1 is 1.12 bits per heavy atom. The summed E-state index contributed by atoms with van der Waals surface area (Å²) in [5.41, 5.74) is 1.23. The van der Waals surface area contributed by atoms with Crippen LogP contribution in [0.2, 0.25) is 0 Å². The van der Waals surface area contributed by atoms with Gasteiger partial charge in [-0.2, -0.15) is 0 Å². The molecule has 0 aliphatic carbocycles. The molecule has 2 aromatic carbocycles. The smallest absolute Gasteiger partial charge is 0.223 e. The number of rotatable bonds is 4. The number of amides is 2. The lowest BCUT2D eigenvalue weighted by molar-refractivity contribution is -0.134. The summed E-state index contributed by atoms with van der Waals surface area (Å²) in [6, 6.07) is 14.9. The minimum atomic E-state index is 0.0228. The average molecular weight is 338 g/mol. The van der Waals surface area contributed by atoms with E-state index in [0.29, 0.717) is 13.1 Å². The first-order valence-corrected chi connectivity index (χ1v) is 9.06. The van der Waals surface area contributed by atoms with Gasteiger partial charge in [0.05, 0.1) is 0 Å². The van der Waals surface area contributed by atoms with E-state index in [-0.39, 0.29) is 23.8 Å². The van der Waals surface area contributed by atoms with E-state index in [1.807, 2.05) is 17.0 Å². The van der Waals surface area contributed by atoms with Gasteiger partial charge in [0, 0.05) is 32.0 Å². The van der Waals surface area contributed by atoms with E-state index in [9.17, 15) is 9.59 Å². The Labute approximate surface area is 149 Å². The molecule has 1 fully saturated rings. The van der Waals surface area contributed by atoms with Crippen molar-refractivity contribution in [3.8, 4) is 0 Å². The summed E-state index contributed by atoms with van der Waals surface area (Å²) in [7, 11) is 0. The monoisotopic (exact) mass is 338 g/mol. The molecule has 132 valence electrons. The lowest BCUT2D eigenvalue weighted by Crippen LogP contribution is -2.44. The molecule has 0 radical (unpaired) electrons. The minimum absolute atomic E-state index is 0.0228. The molecule has 3 rings (SSSR count). The Morgan fingerprint density at radius 3 is 2.48 bits per heavy atom. The largest absolute Gasteiger partial charge is 0.353 e. The normalized spacial score (nSPS) is 16.6. The Morgan fingerprint density at radius 2 is 1.80 bits per heavy atom. The highest BCUT2D eigenvalue weighted by molar-refractivity contribution is 5.83. The van der Waals surface area contributed by atoms with Crippen LogP contribution in [0.4, 0.5) is 0 Å². The number of nitrogens with zero attached hydrogens (tertiary/aromatic N) is 1. The summed E-state index contributed by atoms with van der Waals surface area (Å²) in [4.78, 5) is 25.7. The van der Waals surface area contributed by atoms with Gasteiger partial charge in [-0.25, -0.2) is 0 Å². The van der Waals surface area contributed by atoms with E-state index in [4.69, 9.17) is 0 Å². The zero-order chi connectivity index (χ0) is 17.8. The topological polar surface area (TPSA) is 49.4 Å². The Hall–Kier alpha value is -2.36. The van der Waals surface area contributed by atoms with Crippen molar-refractivity contribution in [1.29, 1.82) is 0 Å². The lowest BCUT2D eigenvalue weighted by atomic mass is 9.95. The highest BCUT2D eigenvalue weighted by atomic mass is 16.2. The van der Waals surface area contributed by atoms with Crippen LogP contribution in [-0.2, 0) is 16.0 Å². The maximum Gasteiger partial charge on any atom is 0.223 e. The van der Waals surface area contributed by atoms with Crippen molar-refractivity contribution >= 4 is 22.6 Å². The van der Waals surface area contributed by atoms with E-state index < -0.39 is 0 Å². The van der Waals surface area contributed by atoms with Gasteiger partial charge in [0.2, 0.25) is 11.8 Å². The standard InChI is InChI=1S/C21H26N2O2/c1-15(13-17-7-8-18-5-3-4-6-20(18)14-17)22-21(25)19-9-11-23(12-10-19)16(2)24/h3-8,14-15,19H,9-13H2,1-2H3,(H,22,25). The number of hydrogen-bond acceptors (Lipinski definition) is 2. The first-order valence-electron chi connectivity index (χ1n) is 9.06. The maximum absolute atomic E-state index is 12.5. The molecular weight excluding hydrogens is 312 g/mol. The quantitative estimate of drug-likeness (QED) is 0.931. The number of piperidine rings is 1. The molecular formula is C21H26N2O2. The van der Waals surface area contributed by atoms with Gasteiger partial charge >= 0.3 is 0 Å². The molecule has 0 spiro atoms. The van der Waals surface area contributed by atoms with Crippen LogP contribution in [0.15, 0.2) is 42.5 Å². The summed E-state index contributed by atoms with van der Waals surface area (Å²) >= 11 is 0. The third kappa shape index (κ3) is 4.38. The fraction of sp³-hybridized carbons (Fsp3) is 0.429. The summed E-state index contributed by atoms with van der Waals surface area (Å²) < 4.78 is 0. The van der Waals surface area contributed by atoms with E-state index >= 15 is 0 Å². The Balaban J connectivity index is 1.53. The minimum Gasteiger partial charge on any atom is -0.353 e. The third-order valence-electron chi connectivity index (χ3n) is 5.06. The Kier molecular flexibility index (Phi) is 5.37. The highest BCUT2D eigenvalue weighted by Crippen LogP contribution is 2.19. The number of fused-ring (bicyclic) bond motifs is 1. The average Bonchev–Trinajstić information content (AvgIpc) is 2.61. The van der Waals surface area contributed by atoms with E-state index in [1.54, 1.807) is 6.92 Å². The number of benzene rings is 2. The zero-order valence-corrected chi connectivity index (χ0v) is 15.0. The van der Waals surface area contributed by atoms with Crippen LogP contribution < -0.4 is 5.32 Å². The van der Waals surface area contributed by atoms with Crippen molar-refractivity contribution in [2.24, 2.45) is 5.92 Å². The third-order valence-corrected chi connectivity index (χ3v) is 5.06. The molecule has 0 bridgehead atoms. The first kappa shape index (κ1) is 17.5. The van der Waals surface area contributed by atoms with Crippen molar-refractivity contribution in [3.05, 3.63) is 48.0 Å². The summed E-state index contributed by atoms with van der Waals surface area (Å²) in [6.45, 7) is 5.02. The zero-order valence-electron chi connectivity index (χ0n) is 15.0. The van der Waals surface area contributed by atoms with Crippen LogP contribution in [0.25, 0.3) is 10.8 Å². The van der Waals surface area contributed by atoms with E-state index in [2.05, 4.69) is 42.6 Å². The number of hydrogen-bond donors (Lipinski definition) is 1. The first-order chi connectivity index (χ1) is 12.0. The molecule has 1 aliphatic heterocycles. The van der Waals surface area contributed by atoms with Gasteiger partial charge in [-0.15, -0.1) is 0 Å². The van der Waals surface area contributed by atoms with Gasteiger partial charge < -0.3 is 10.2 Å². The number of nitrogens with one attached hydrogen (secondary N) is 1. The predicted octanol–water partition coefficient (Wildman–Crippen LogP) is 3.15. The molecule has 1 unspecified atom stereocenters. The second kappa shape index (κ2) is 7.68. The van der Waals surface area contributed by atoms with Gasteiger partial charge in [0.25, 0.3) is 0 Å². The second-order valence-corrected chi connectivity index (χ2v) is 7.08. The molecule has 1 heterocycles. The number of carbonyl (C=O) groups is 2. The second-order valence-electron chi connectivity index (χ2n) is 7.08. The van der Waals surface area contributed by atoms with Crippen LogP contribution in [-0.4, -0.2) is 35.8 Å². The van der Waals surface area contributed by atoms with Crippen LogP contribution in [0.1, 0.15) is 32.3 Å². The van der Waals surface area contributed by atoms with Gasteiger partial charge in [-0.05, 0) is 42.5 Å². The fourth-order valence-electron chi connectivity index (χ4n) is 3.59. The van der Waals surface area contributed by atoms with Crippen molar-refractivity contribution in [1.82, 2.24) is 10.2 Å². The van der Waals surface area contributed by atoms with E-state index in [1.165, 1.54) is 16.3 Å². The lowest BCUT2D eigenvalue weighted by Gasteiger charge is -2.31. The van der Waals surface area contributed by atoms with Gasteiger partial charge in [0.1, 0.15) is 0 Å². The molecule has 1 atom stereocenters. The summed E-state index contributed by atoms with van der Waals surface area (Å²) in [6.07, 6.45) is 2.34. The van der Waals surface area contributed by atoms with Crippen molar-refractivity contribution < 1.29 is 9.59 Å². The molecule has 4 heteroatoms. The number of likely N-dealkylation sites (tertiary alicyclic amines) is 1. The van der Waals surface area contributed by atoms with Gasteiger partial charge in [-0.3, -0.25) is 9.59 Å². The molecule has 2 amide bonds. The molecule has 2 aromatic rings. The Bertz CT molecular complexity index is 763. The van der Waals surface area contributed by atoms with Gasteiger partial charge in [0.15, 0.2) is 0 Å². The summed E-state index contributed by atoms with van der Waals surface area (Å²) in [5.74, 6) is 0.245. The van der Waals surface area contributed by atoms with Crippen LogP contribution >= 0.6 is 0 Å². The maximum atomic E-state index is 12.5. The van der Waals surface area contributed by atoms with Crippen molar-refractivity contribution in [2.75, 3.05) is 13.1 Å². The number of carbonyl (C=O) groups excluding carboxylic acids is 2. The fourth-order valence-corrected chi connectivity index (χ4v) is 3.59. The van der Waals surface area contributed by atoms with Crippen LogP contribution in [0.3, 0.4) is 0 Å². The molecule has 1 saturated heterocycles. The molecule has 1 N–H and O–H groups in total. The summed E-state index contributed by atoms with van der Waals surface area (Å²) in [5, 5.41) is 5.62. The van der Waals surface area contributed by atoms with Gasteiger partial charge in [-0.1, -0.05) is 42.5 Å². The molecule has 0 aromatic heterocycles. The molecule has 0 saturated carbocycles. The molecule has 4 nitrogen and oxygen atoms in total. The van der Waals surface area contributed by atoms with Crippen molar-refractivity contribution in [2.45, 2.75) is 39.2 Å². The van der Waals surface area contributed by atoms with E-state index in [0.717, 1.165) is 19.3 Å². The molecule has 1 aliphatic rings. The van der Waals surface area contributed by atoms with Crippen molar-refractivity contribution in [3.63, 3.8) is 0 Å². The molecule has 25 heavy (non-hydrogen) atoms. The van der Waals surface area contributed by atoms with Crippen LogP contribution in [0, 0.1) is 5.92 Å². The SMILES string of the molecule is CC(=O)N1CCC(C(=O)NC(C)Cc2ccc3ccccc3c2)CC1.